The minimum atomic E-state index is 0.546. The SMILES string of the molecule is Cc1cc(CN)ccc1-c1cc(Cl)ccc1Cl. The van der Waals surface area contributed by atoms with Gasteiger partial charge in [-0.3, -0.25) is 0 Å². The minimum absolute atomic E-state index is 0.546. The van der Waals surface area contributed by atoms with Gasteiger partial charge in [-0.05, 0) is 41.8 Å². The van der Waals surface area contributed by atoms with Crippen LogP contribution in [0.2, 0.25) is 10.0 Å². The van der Waals surface area contributed by atoms with Gasteiger partial charge in [-0.2, -0.15) is 0 Å². The van der Waals surface area contributed by atoms with Crippen LogP contribution >= 0.6 is 23.2 Å². The third-order valence-corrected chi connectivity index (χ3v) is 3.31. The van der Waals surface area contributed by atoms with Crippen molar-refractivity contribution in [1.82, 2.24) is 0 Å². The molecule has 2 aromatic carbocycles. The smallest absolute Gasteiger partial charge is 0.0485 e. The number of hydrogen-bond donors (Lipinski definition) is 1. The lowest BCUT2D eigenvalue weighted by Crippen LogP contribution is -1.97. The Hall–Kier alpha value is -1.02. The molecule has 0 aliphatic heterocycles. The molecule has 2 rings (SSSR count). The number of hydrogen-bond acceptors (Lipinski definition) is 1. The molecule has 0 radical (unpaired) electrons. The zero-order chi connectivity index (χ0) is 12.4. The minimum Gasteiger partial charge on any atom is -0.326 e. The molecule has 2 N–H and O–H groups in total. The van der Waals surface area contributed by atoms with E-state index in [-0.39, 0.29) is 0 Å². The molecule has 0 saturated carbocycles. The molecule has 0 fully saturated rings. The molecule has 0 amide bonds. The van der Waals surface area contributed by atoms with E-state index in [0.29, 0.717) is 16.6 Å². The molecule has 0 aliphatic rings. The maximum Gasteiger partial charge on any atom is 0.0485 e. The van der Waals surface area contributed by atoms with Crippen molar-refractivity contribution in [2.24, 2.45) is 5.73 Å². The fourth-order valence-corrected chi connectivity index (χ4v) is 2.25. The number of rotatable bonds is 2. The highest BCUT2D eigenvalue weighted by molar-refractivity contribution is 6.35. The van der Waals surface area contributed by atoms with E-state index in [1.54, 1.807) is 6.07 Å². The first kappa shape index (κ1) is 12.4. The largest absolute Gasteiger partial charge is 0.326 e. The van der Waals surface area contributed by atoms with Gasteiger partial charge in [0.25, 0.3) is 0 Å². The summed E-state index contributed by atoms with van der Waals surface area (Å²) < 4.78 is 0. The maximum atomic E-state index is 6.19. The Morgan fingerprint density at radius 2 is 1.76 bits per heavy atom. The standard InChI is InChI=1S/C14H13Cl2N/c1-9-6-10(8-17)2-4-12(9)13-7-11(15)3-5-14(13)16/h2-7H,8,17H2,1H3. The Morgan fingerprint density at radius 1 is 1.00 bits per heavy atom. The van der Waals surface area contributed by atoms with E-state index in [1.165, 1.54) is 0 Å². The molecule has 0 saturated heterocycles. The van der Waals surface area contributed by atoms with Gasteiger partial charge in [0.1, 0.15) is 0 Å². The maximum absolute atomic E-state index is 6.19. The normalized spacial score (nSPS) is 10.6. The average molecular weight is 266 g/mol. The molecule has 0 bridgehead atoms. The summed E-state index contributed by atoms with van der Waals surface area (Å²) >= 11 is 12.2. The van der Waals surface area contributed by atoms with E-state index in [9.17, 15) is 0 Å². The van der Waals surface area contributed by atoms with E-state index < -0.39 is 0 Å². The van der Waals surface area contributed by atoms with Crippen molar-refractivity contribution >= 4 is 23.2 Å². The summed E-state index contributed by atoms with van der Waals surface area (Å²) in [6.07, 6.45) is 0. The predicted molar refractivity (Wildman–Crippen MR) is 74.5 cm³/mol. The first-order chi connectivity index (χ1) is 8.11. The second kappa shape index (κ2) is 5.09. The van der Waals surface area contributed by atoms with Gasteiger partial charge < -0.3 is 5.73 Å². The molecular weight excluding hydrogens is 253 g/mol. The van der Waals surface area contributed by atoms with Crippen LogP contribution in [0.1, 0.15) is 11.1 Å². The van der Waals surface area contributed by atoms with Gasteiger partial charge in [0.2, 0.25) is 0 Å². The van der Waals surface area contributed by atoms with Gasteiger partial charge in [0, 0.05) is 22.2 Å². The van der Waals surface area contributed by atoms with Crippen molar-refractivity contribution in [3.8, 4) is 11.1 Å². The summed E-state index contributed by atoms with van der Waals surface area (Å²) in [5.74, 6) is 0. The zero-order valence-electron chi connectivity index (χ0n) is 9.50. The van der Waals surface area contributed by atoms with Crippen molar-refractivity contribution in [3.05, 3.63) is 57.6 Å². The molecule has 0 spiro atoms. The van der Waals surface area contributed by atoms with Crippen LogP contribution in [0.15, 0.2) is 36.4 Å². The molecule has 0 heterocycles. The lowest BCUT2D eigenvalue weighted by Gasteiger charge is -2.10. The second-order valence-corrected chi connectivity index (χ2v) is 4.82. The van der Waals surface area contributed by atoms with E-state index >= 15 is 0 Å². The van der Waals surface area contributed by atoms with Crippen LogP contribution in [0, 0.1) is 6.92 Å². The van der Waals surface area contributed by atoms with Gasteiger partial charge in [0.15, 0.2) is 0 Å². The highest BCUT2D eigenvalue weighted by Crippen LogP contribution is 2.32. The molecule has 88 valence electrons. The molecular formula is C14H13Cl2N. The van der Waals surface area contributed by atoms with Crippen LogP contribution in [0.5, 0.6) is 0 Å². The first-order valence-electron chi connectivity index (χ1n) is 5.37. The summed E-state index contributed by atoms with van der Waals surface area (Å²) in [5.41, 5.74) is 9.93. The average Bonchev–Trinajstić information content (AvgIpc) is 2.32. The van der Waals surface area contributed by atoms with Gasteiger partial charge in [-0.15, -0.1) is 0 Å². The Bertz CT molecular complexity index is 550. The zero-order valence-corrected chi connectivity index (χ0v) is 11.0. The third-order valence-electron chi connectivity index (χ3n) is 2.75. The van der Waals surface area contributed by atoms with E-state index in [4.69, 9.17) is 28.9 Å². The number of aryl methyl sites for hydroxylation is 1. The van der Waals surface area contributed by atoms with Crippen LogP contribution < -0.4 is 5.73 Å². The molecule has 0 atom stereocenters. The first-order valence-corrected chi connectivity index (χ1v) is 6.12. The second-order valence-electron chi connectivity index (χ2n) is 3.98. The Morgan fingerprint density at radius 3 is 2.41 bits per heavy atom. The van der Waals surface area contributed by atoms with Crippen molar-refractivity contribution in [2.75, 3.05) is 0 Å². The van der Waals surface area contributed by atoms with Gasteiger partial charge >= 0.3 is 0 Å². The number of nitrogens with two attached hydrogens (primary N) is 1. The van der Waals surface area contributed by atoms with Gasteiger partial charge in [0.05, 0.1) is 0 Å². The molecule has 3 heteroatoms. The van der Waals surface area contributed by atoms with Crippen molar-refractivity contribution < 1.29 is 0 Å². The summed E-state index contributed by atoms with van der Waals surface area (Å²) in [5, 5.41) is 1.39. The third kappa shape index (κ3) is 2.63. The monoisotopic (exact) mass is 265 g/mol. The highest BCUT2D eigenvalue weighted by Gasteiger charge is 2.07. The van der Waals surface area contributed by atoms with Crippen LogP contribution in [0.3, 0.4) is 0 Å². The van der Waals surface area contributed by atoms with Crippen LogP contribution in [0.25, 0.3) is 11.1 Å². The van der Waals surface area contributed by atoms with Crippen LogP contribution in [-0.2, 0) is 6.54 Å². The number of halogens is 2. The van der Waals surface area contributed by atoms with E-state index in [0.717, 1.165) is 22.3 Å². The van der Waals surface area contributed by atoms with Crippen LogP contribution in [0.4, 0.5) is 0 Å². The Labute approximate surface area is 111 Å². The summed E-state index contributed by atoms with van der Waals surface area (Å²) in [6, 6.07) is 11.6. The summed E-state index contributed by atoms with van der Waals surface area (Å²) in [7, 11) is 0. The molecule has 0 aromatic heterocycles. The van der Waals surface area contributed by atoms with E-state index in [2.05, 4.69) is 6.07 Å². The molecule has 0 aliphatic carbocycles. The van der Waals surface area contributed by atoms with E-state index in [1.807, 2.05) is 31.2 Å². The van der Waals surface area contributed by atoms with Gasteiger partial charge in [-0.1, -0.05) is 41.4 Å². The molecule has 1 nitrogen and oxygen atoms in total. The topological polar surface area (TPSA) is 26.0 Å². The Kier molecular flexibility index (Phi) is 3.72. The molecule has 0 unspecified atom stereocenters. The quantitative estimate of drug-likeness (QED) is 0.855. The summed E-state index contributed by atoms with van der Waals surface area (Å²) in [4.78, 5) is 0. The van der Waals surface area contributed by atoms with Crippen LogP contribution in [-0.4, -0.2) is 0 Å². The van der Waals surface area contributed by atoms with Crippen molar-refractivity contribution in [3.63, 3.8) is 0 Å². The van der Waals surface area contributed by atoms with Gasteiger partial charge in [-0.25, -0.2) is 0 Å². The lowest BCUT2D eigenvalue weighted by molar-refractivity contribution is 1.07. The lowest BCUT2D eigenvalue weighted by atomic mass is 9.98. The summed E-state index contributed by atoms with van der Waals surface area (Å²) in [6.45, 7) is 2.59. The number of benzene rings is 2. The molecule has 2 aromatic rings. The van der Waals surface area contributed by atoms with Crippen molar-refractivity contribution in [1.29, 1.82) is 0 Å². The highest BCUT2D eigenvalue weighted by atomic mass is 35.5. The predicted octanol–water partition coefficient (Wildman–Crippen LogP) is 4.43. The fraction of sp³-hybridized carbons (Fsp3) is 0.143. The fourth-order valence-electron chi connectivity index (χ4n) is 1.86. The molecule has 17 heavy (non-hydrogen) atoms. The Balaban J connectivity index is 2.56. The van der Waals surface area contributed by atoms with Crippen molar-refractivity contribution in [2.45, 2.75) is 13.5 Å².